The van der Waals surface area contributed by atoms with Crippen molar-refractivity contribution in [1.82, 2.24) is 5.32 Å². The summed E-state index contributed by atoms with van der Waals surface area (Å²) in [7, 11) is 0. The molecule has 0 aliphatic carbocycles. The highest BCUT2D eigenvalue weighted by molar-refractivity contribution is 5.90. The summed E-state index contributed by atoms with van der Waals surface area (Å²) < 4.78 is 30.5. The Bertz CT molecular complexity index is 578. The van der Waals surface area contributed by atoms with Crippen LogP contribution in [0.2, 0.25) is 0 Å². The van der Waals surface area contributed by atoms with Crippen molar-refractivity contribution >= 4 is 17.8 Å². The maximum absolute atomic E-state index is 13.0. The van der Waals surface area contributed by atoms with Crippen molar-refractivity contribution in [1.29, 1.82) is 0 Å². The van der Waals surface area contributed by atoms with Gasteiger partial charge >= 0.3 is 5.97 Å². The van der Waals surface area contributed by atoms with Crippen molar-refractivity contribution in [3.8, 4) is 0 Å². The molecule has 0 saturated carbocycles. The molecule has 0 bridgehead atoms. The van der Waals surface area contributed by atoms with Crippen LogP contribution in [0.4, 0.5) is 8.78 Å². The predicted molar refractivity (Wildman–Crippen MR) is 72.4 cm³/mol. The van der Waals surface area contributed by atoms with E-state index in [1.807, 2.05) is 0 Å². The minimum Gasteiger partial charge on any atom is -0.466 e. The standard InChI is InChI=1S/C14H16F2N2O4/c1-2-22-13(20)7-11(14(17)21)18-12(19)6-8-3-4-9(15)10(16)5-8/h3-5,11H,2,6-7H2,1H3,(H2,17,21)(H,18,19)/t11-/m0/s1. The lowest BCUT2D eigenvalue weighted by Crippen LogP contribution is -2.46. The molecular formula is C14H16F2N2O4. The molecule has 0 unspecified atom stereocenters. The smallest absolute Gasteiger partial charge is 0.308 e. The molecule has 3 N–H and O–H groups in total. The number of ether oxygens (including phenoxy) is 1. The molecule has 8 heteroatoms. The third kappa shape index (κ3) is 5.47. The van der Waals surface area contributed by atoms with Crippen LogP contribution in [0.3, 0.4) is 0 Å². The number of carbonyl (C=O) groups is 3. The van der Waals surface area contributed by atoms with Crippen LogP contribution in [0.15, 0.2) is 18.2 Å². The van der Waals surface area contributed by atoms with Crippen LogP contribution in [0.5, 0.6) is 0 Å². The molecule has 0 fully saturated rings. The number of esters is 1. The number of hydrogen-bond acceptors (Lipinski definition) is 4. The summed E-state index contributed by atoms with van der Waals surface area (Å²) in [4.78, 5) is 34.3. The Labute approximate surface area is 125 Å². The number of carbonyl (C=O) groups excluding carboxylic acids is 3. The molecule has 0 radical (unpaired) electrons. The zero-order chi connectivity index (χ0) is 16.7. The highest BCUT2D eigenvalue weighted by Gasteiger charge is 2.22. The Morgan fingerprint density at radius 1 is 1.27 bits per heavy atom. The maximum Gasteiger partial charge on any atom is 0.308 e. The van der Waals surface area contributed by atoms with Gasteiger partial charge < -0.3 is 15.8 Å². The summed E-state index contributed by atoms with van der Waals surface area (Å²) in [5.41, 5.74) is 5.31. The Balaban J connectivity index is 2.65. The van der Waals surface area contributed by atoms with Crippen LogP contribution in [0.25, 0.3) is 0 Å². The summed E-state index contributed by atoms with van der Waals surface area (Å²) in [5.74, 6) is -4.34. The van der Waals surface area contributed by atoms with E-state index >= 15 is 0 Å². The molecule has 6 nitrogen and oxygen atoms in total. The highest BCUT2D eigenvalue weighted by Crippen LogP contribution is 2.09. The van der Waals surface area contributed by atoms with Gasteiger partial charge in [0.2, 0.25) is 11.8 Å². The molecule has 0 aliphatic rings. The molecule has 1 aromatic rings. The lowest BCUT2D eigenvalue weighted by atomic mass is 10.1. The van der Waals surface area contributed by atoms with Crippen molar-refractivity contribution in [3.63, 3.8) is 0 Å². The van der Waals surface area contributed by atoms with Gasteiger partial charge in [-0.05, 0) is 24.6 Å². The summed E-state index contributed by atoms with van der Waals surface area (Å²) in [6.07, 6.45) is -0.684. The van der Waals surface area contributed by atoms with Gasteiger partial charge in [-0.2, -0.15) is 0 Å². The molecule has 22 heavy (non-hydrogen) atoms. The van der Waals surface area contributed by atoms with Crippen LogP contribution < -0.4 is 11.1 Å². The molecular weight excluding hydrogens is 298 g/mol. The van der Waals surface area contributed by atoms with Gasteiger partial charge in [0.15, 0.2) is 11.6 Å². The zero-order valence-electron chi connectivity index (χ0n) is 11.9. The first-order valence-electron chi connectivity index (χ1n) is 6.51. The van der Waals surface area contributed by atoms with E-state index in [1.165, 1.54) is 6.07 Å². The van der Waals surface area contributed by atoms with Gasteiger partial charge in [0, 0.05) is 0 Å². The number of hydrogen-bond donors (Lipinski definition) is 2. The molecule has 2 amide bonds. The Morgan fingerprint density at radius 3 is 2.50 bits per heavy atom. The van der Waals surface area contributed by atoms with Crippen LogP contribution in [0, 0.1) is 11.6 Å². The molecule has 0 saturated heterocycles. The fourth-order valence-electron chi connectivity index (χ4n) is 1.69. The van der Waals surface area contributed by atoms with E-state index in [2.05, 4.69) is 10.1 Å². The number of halogens is 2. The normalized spacial score (nSPS) is 11.6. The topological polar surface area (TPSA) is 98.5 Å². The van der Waals surface area contributed by atoms with Crippen molar-refractivity contribution in [2.24, 2.45) is 5.73 Å². The van der Waals surface area contributed by atoms with Gasteiger partial charge in [-0.1, -0.05) is 6.07 Å². The van der Waals surface area contributed by atoms with E-state index in [4.69, 9.17) is 5.73 Å². The minimum absolute atomic E-state index is 0.132. The van der Waals surface area contributed by atoms with Crippen molar-refractivity contribution in [2.75, 3.05) is 6.61 Å². The molecule has 1 atom stereocenters. The second-order valence-corrected chi connectivity index (χ2v) is 4.46. The lowest BCUT2D eigenvalue weighted by Gasteiger charge is -2.14. The lowest BCUT2D eigenvalue weighted by molar-refractivity contribution is -0.145. The summed E-state index contributed by atoms with van der Waals surface area (Å²) in [6, 6.07) is 1.78. The monoisotopic (exact) mass is 314 g/mol. The van der Waals surface area contributed by atoms with Gasteiger partial charge in [0.1, 0.15) is 6.04 Å². The number of benzene rings is 1. The van der Waals surface area contributed by atoms with E-state index < -0.39 is 41.9 Å². The summed E-state index contributed by atoms with van der Waals surface area (Å²) >= 11 is 0. The second-order valence-electron chi connectivity index (χ2n) is 4.46. The van der Waals surface area contributed by atoms with Crippen LogP contribution in [-0.2, 0) is 25.5 Å². The minimum atomic E-state index is -1.23. The fourth-order valence-corrected chi connectivity index (χ4v) is 1.69. The number of nitrogens with one attached hydrogen (secondary N) is 1. The molecule has 0 aliphatic heterocycles. The molecule has 0 aromatic heterocycles. The zero-order valence-corrected chi connectivity index (χ0v) is 11.9. The van der Waals surface area contributed by atoms with E-state index in [-0.39, 0.29) is 18.6 Å². The maximum atomic E-state index is 13.0. The largest absolute Gasteiger partial charge is 0.466 e. The highest BCUT2D eigenvalue weighted by atomic mass is 19.2. The SMILES string of the molecule is CCOC(=O)C[C@H](NC(=O)Cc1ccc(F)c(F)c1)C(N)=O. The van der Waals surface area contributed by atoms with Gasteiger partial charge in [0.25, 0.3) is 0 Å². The van der Waals surface area contributed by atoms with Crippen molar-refractivity contribution in [3.05, 3.63) is 35.4 Å². The third-order valence-corrected chi connectivity index (χ3v) is 2.70. The van der Waals surface area contributed by atoms with Crippen molar-refractivity contribution < 1.29 is 27.9 Å². The van der Waals surface area contributed by atoms with E-state index in [1.54, 1.807) is 6.92 Å². The average molecular weight is 314 g/mol. The fraction of sp³-hybridized carbons (Fsp3) is 0.357. The first kappa shape index (κ1) is 17.5. The first-order chi connectivity index (χ1) is 10.3. The van der Waals surface area contributed by atoms with Crippen molar-refractivity contribution in [2.45, 2.75) is 25.8 Å². The molecule has 1 rings (SSSR count). The van der Waals surface area contributed by atoms with Crippen LogP contribution in [-0.4, -0.2) is 30.4 Å². The average Bonchev–Trinajstić information content (AvgIpc) is 2.42. The molecule has 120 valence electrons. The van der Waals surface area contributed by atoms with Gasteiger partial charge in [-0.3, -0.25) is 14.4 Å². The number of amides is 2. The quantitative estimate of drug-likeness (QED) is 0.713. The number of primary amides is 1. The summed E-state index contributed by atoms with van der Waals surface area (Å²) in [6.45, 7) is 1.73. The van der Waals surface area contributed by atoms with E-state index in [0.717, 1.165) is 12.1 Å². The molecule has 1 aromatic carbocycles. The third-order valence-electron chi connectivity index (χ3n) is 2.70. The summed E-state index contributed by atoms with van der Waals surface area (Å²) in [5, 5.41) is 2.26. The first-order valence-corrected chi connectivity index (χ1v) is 6.51. The predicted octanol–water partition coefficient (Wildman–Crippen LogP) is 0.431. The van der Waals surface area contributed by atoms with Crippen LogP contribution in [0.1, 0.15) is 18.9 Å². The van der Waals surface area contributed by atoms with Gasteiger partial charge in [0.05, 0.1) is 19.4 Å². The second kappa shape index (κ2) is 8.06. The van der Waals surface area contributed by atoms with E-state index in [0.29, 0.717) is 0 Å². The Hall–Kier alpha value is -2.51. The number of nitrogens with two attached hydrogens (primary N) is 1. The Kier molecular flexibility index (Phi) is 6.43. The van der Waals surface area contributed by atoms with Gasteiger partial charge in [-0.25, -0.2) is 8.78 Å². The Morgan fingerprint density at radius 2 is 1.95 bits per heavy atom. The van der Waals surface area contributed by atoms with Gasteiger partial charge in [-0.15, -0.1) is 0 Å². The molecule has 0 spiro atoms. The van der Waals surface area contributed by atoms with Crippen LogP contribution >= 0.6 is 0 Å². The number of rotatable bonds is 7. The van der Waals surface area contributed by atoms with E-state index in [9.17, 15) is 23.2 Å². The molecule has 0 heterocycles.